The molecule has 0 spiro atoms. The zero-order valence-electron chi connectivity index (χ0n) is 11.0. The predicted molar refractivity (Wildman–Crippen MR) is 72.8 cm³/mol. The molecule has 0 saturated heterocycles. The molecule has 17 heavy (non-hydrogen) atoms. The highest BCUT2D eigenvalue weighted by Crippen LogP contribution is 2.21. The van der Waals surface area contributed by atoms with Gasteiger partial charge in [0.05, 0.1) is 22.0 Å². The van der Waals surface area contributed by atoms with Crippen molar-refractivity contribution in [2.24, 2.45) is 13.0 Å². The standard InChI is InChI=1S/C12H22BrN3O/c1-5-9-12(13)10(16(4)15-9)6-14-7-11(17)8(2)3/h8,11,14,17H,5-7H2,1-4H3. The SMILES string of the molecule is CCc1nn(C)c(CNCC(O)C(C)C)c1Br. The molecule has 0 aliphatic heterocycles. The molecule has 0 radical (unpaired) electrons. The van der Waals surface area contributed by atoms with Gasteiger partial charge in [-0.25, -0.2) is 0 Å². The Balaban J connectivity index is 2.55. The molecule has 1 aromatic heterocycles. The summed E-state index contributed by atoms with van der Waals surface area (Å²) in [5, 5.41) is 17.4. The van der Waals surface area contributed by atoms with Crippen LogP contribution >= 0.6 is 15.9 Å². The Morgan fingerprint density at radius 1 is 1.47 bits per heavy atom. The fraction of sp³-hybridized carbons (Fsp3) is 0.750. The van der Waals surface area contributed by atoms with Gasteiger partial charge in [-0.1, -0.05) is 20.8 Å². The zero-order chi connectivity index (χ0) is 13.0. The summed E-state index contributed by atoms with van der Waals surface area (Å²) in [5.74, 6) is 0.281. The third-order valence-corrected chi connectivity index (χ3v) is 3.83. The lowest BCUT2D eigenvalue weighted by atomic mass is 10.1. The summed E-state index contributed by atoms with van der Waals surface area (Å²) < 4.78 is 2.96. The van der Waals surface area contributed by atoms with Crippen LogP contribution in [0.3, 0.4) is 0 Å². The molecule has 0 aromatic carbocycles. The molecule has 5 heteroatoms. The third-order valence-electron chi connectivity index (χ3n) is 2.92. The summed E-state index contributed by atoms with van der Waals surface area (Å²) in [5.41, 5.74) is 2.20. The number of aliphatic hydroxyl groups excluding tert-OH is 1. The van der Waals surface area contributed by atoms with Crippen molar-refractivity contribution < 1.29 is 5.11 Å². The maximum atomic E-state index is 9.70. The van der Waals surface area contributed by atoms with Gasteiger partial charge in [-0.3, -0.25) is 4.68 Å². The number of rotatable bonds is 6. The lowest BCUT2D eigenvalue weighted by molar-refractivity contribution is 0.123. The molecular formula is C12H22BrN3O. The maximum Gasteiger partial charge on any atom is 0.0767 e. The Kier molecular flexibility index (Phi) is 5.62. The molecule has 98 valence electrons. The summed E-state index contributed by atoms with van der Waals surface area (Å²) in [4.78, 5) is 0. The highest BCUT2D eigenvalue weighted by Gasteiger charge is 2.13. The van der Waals surface area contributed by atoms with E-state index in [9.17, 15) is 5.11 Å². The Morgan fingerprint density at radius 3 is 2.59 bits per heavy atom. The first-order chi connectivity index (χ1) is 7.97. The minimum Gasteiger partial charge on any atom is -0.392 e. The fourth-order valence-electron chi connectivity index (χ4n) is 1.59. The average Bonchev–Trinajstić information content (AvgIpc) is 2.55. The second kappa shape index (κ2) is 6.52. The van der Waals surface area contributed by atoms with Crippen LogP contribution in [0.15, 0.2) is 4.47 Å². The van der Waals surface area contributed by atoms with E-state index in [0.717, 1.165) is 22.3 Å². The van der Waals surface area contributed by atoms with Crippen molar-refractivity contribution in [1.82, 2.24) is 15.1 Å². The summed E-state index contributed by atoms with van der Waals surface area (Å²) in [6.07, 6.45) is 0.621. The van der Waals surface area contributed by atoms with E-state index < -0.39 is 0 Å². The van der Waals surface area contributed by atoms with Gasteiger partial charge < -0.3 is 10.4 Å². The van der Waals surface area contributed by atoms with E-state index in [1.165, 1.54) is 0 Å². The van der Waals surface area contributed by atoms with Crippen molar-refractivity contribution in [3.63, 3.8) is 0 Å². The molecule has 0 aliphatic carbocycles. The lowest BCUT2D eigenvalue weighted by Gasteiger charge is -2.15. The number of aromatic nitrogens is 2. The van der Waals surface area contributed by atoms with Crippen LogP contribution in [-0.2, 0) is 20.0 Å². The average molecular weight is 304 g/mol. The number of aliphatic hydroxyl groups is 1. The fourth-order valence-corrected chi connectivity index (χ4v) is 2.34. The summed E-state index contributed by atoms with van der Waals surface area (Å²) in [6, 6.07) is 0. The smallest absolute Gasteiger partial charge is 0.0767 e. The molecule has 1 atom stereocenters. The maximum absolute atomic E-state index is 9.70. The Hall–Kier alpha value is -0.390. The Bertz CT molecular complexity index is 363. The molecule has 4 nitrogen and oxygen atoms in total. The van der Waals surface area contributed by atoms with E-state index in [2.05, 4.69) is 33.3 Å². The van der Waals surface area contributed by atoms with Crippen LogP contribution in [0, 0.1) is 5.92 Å². The van der Waals surface area contributed by atoms with Crippen LogP contribution in [-0.4, -0.2) is 27.5 Å². The second-order valence-electron chi connectivity index (χ2n) is 4.63. The molecule has 1 unspecified atom stereocenters. The number of hydrogen-bond donors (Lipinski definition) is 2. The number of nitrogens with zero attached hydrogens (tertiary/aromatic N) is 2. The normalized spacial score (nSPS) is 13.4. The number of aryl methyl sites for hydroxylation is 2. The van der Waals surface area contributed by atoms with E-state index in [0.29, 0.717) is 13.1 Å². The quantitative estimate of drug-likeness (QED) is 0.843. The van der Waals surface area contributed by atoms with E-state index in [1.807, 2.05) is 25.6 Å². The zero-order valence-corrected chi connectivity index (χ0v) is 12.6. The minimum absolute atomic E-state index is 0.281. The van der Waals surface area contributed by atoms with E-state index in [4.69, 9.17) is 0 Å². The molecule has 0 aliphatic rings. The summed E-state index contributed by atoms with van der Waals surface area (Å²) in [7, 11) is 1.94. The van der Waals surface area contributed by atoms with Crippen molar-refractivity contribution in [3.8, 4) is 0 Å². The summed E-state index contributed by atoms with van der Waals surface area (Å²) in [6.45, 7) is 7.44. The van der Waals surface area contributed by atoms with Gasteiger partial charge in [0.2, 0.25) is 0 Å². The van der Waals surface area contributed by atoms with Gasteiger partial charge in [-0.05, 0) is 28.3 Å². The molecular weight excluding hydrogens is 282 g/mol. The van der Waals surface area contributed by atoms with Gasteiger partial charge in [0.15, 0.2) is 0 Å². The van der Waals surface area contributed by atoms with Crippen LogP contribution in [0.4, 0.5) is 0 Å². The first-order valence-corrected chi connectivity index (χ1v) is 6.85. The molecule has 1 aromatic rings. The monoisotopic (exact) mass is 303 g/mol. The predicted octanol–water partition coefficient (Wildman–Crippen LogP) is 1.85. The van der Waals surface area contributed by atoms with E-state index in [1.54, 1.807) is 0 Å². The first-order valence-electron chi connectivity index (χ1n) is 6.06. The largest absolute Gasteiger partial charge is 0.392 e. The summed E-state index contributed by atoms with van der Waals surface area (Å²) >= 11 is 3.57. The van der Waals surface area contributed by atoms with E-state index in [-0.39, 0.29) is 12.0 Å². The number of hydrogen-bond acceptors (Lipinski definition) is 3. The van der Waals surface area contributed by atoms with Crippen LogP contribution in [0.2, 0.25) is 0 Å². The lowest BCUT2D eigenvalue weighted by Crippen LogP contribution is -2.30. The Labute approximate surface area is 112 Å². The van der Waals surface area contributed by atoms with Crippen LogP contribution < -0.4 is 5.32 Å². The van der Waals surface area contributed by atoms with Gasteiger partial charge in [0.25, 0.3) is 0 Å². The van der Waals surface area contributed by atoms with Gasteiger partial charge in [0, 0.05) is 20.1 Å². The van der Waals surface area contributed by atoms with Crippen LogP contribution in [0.5, 0.6) is 0 Å². The van der Waals surface area contributed by atoms with E-state index >= 15 is 0 Å². The minimum atomic E-state index is -0.298. The number of halogens is 1. The molecule has 0 bridgehead atoms. The molecule has 0 amide bonds. The van der Waals surface area contributed by atoms with Gasteiger partial charge in [-0.15, -0.1) is 0 Å². The van der Waals surface area contributed by atoms with Crippen molar-refractivity contribution in [1.29, 1.82) is 0 Å². The number of nitrogens with one attached hydrogen (secondary N) is 1. The molecule has 1 heterocycles. The van der Waals surface area contributed by atoms with Crippen molar-refractivity contribution in [2.45, 2.75) is 39.8 Å². The third kappa shape index (κ3) is 3.79. The first kappa shape index (κ1) is 14.7. The highest BCUT2D eigenvalue weighted by atomic mass is 79.9. The molecule has 1 rings (SSSR count). The van der Waals surface area contributed by atoms with Crippen molar-refractivity contribution in [2.75, 3.05) is 6.54 Å². The highest BCUT2D eigenvalue weighted by molar-refractivity contribution is 9.10. The van der Waals surface area contributed by atoms with Crippen LogP contribution in [0.25, 0.3) is 0 Å². The van der Waals surface area contributed by atoms with Crippen molar-refractivity contribution in [3.05, 3.63) is 15.9 Å². The molecule has 0 saturated carbocycles. The van der Waals surface area contributed by atoms with Crippen LogP contribution in [0.1, 0.15) is 32.2 Å². The Morgan fingerprint density at radius 2 is 2.12 bits per heavy atom. The van der Waals surface area contributed by atoms with Crippen molar-refractivity contribution >= 4 is 15.9 Å². The van der Waals surface area contributed by atoms with Gasteiger partial charge in [0.1, 0.15) is 0 Å². The molecule has 2 N–H and O–H groups in total. The van der Waals surface area contributed by atoms with Gasteiger partial charge >= 0.3 is 0 Å². The topological polar surface area (TPSA) is 50.1 Å². The second-order valence-corrected chi connectivity index (χ2v) is 5.42. The van der Waals surface area contributed by atoms with Gasteiger partial charge in [-0.2, -0.15) is 5.10 Å². The molecule has 0 fully saturated rings.